The molecule has 0 saturated carbocycles. The molecule has 0 aromatic rings. The fourth-order valence-electron chi connectivity index (χ4n) is 1.33. The second kappa shape index (κ2) is 5.53. The van der Waals surface area contributed by atoms with Gasteiger partial charge in [-0.05, 0) is 27.2 Å². The molecule has 1 saturated heterocycles. The van der Waals surface area contributed by atoms with Crippen molar-refractivity contribution in [3.8, 4) is 0 Å². The fourth-order valence-corrected chi connectivity index (χ4v) is 1.33. The zero-order chi connectivity index (χ0) is 10.8. The van der Waals surface area contributed by atoms with Crippen LogP contribution in [0.3, 0.4) is 0 Å². The molecule has 0 aliphatic carbocycles. The van der Waals surface area contributed by atoms with Crippen molar-refractivity contribution in [2.45, 2.75) is 38.9 Å². The summed E-state index contributed by atoms with van der Waals surface area (Å²) in [5, 5.41) is 0. The van der Waals surface area contributed by atoms with Crippen LogP contribution in [-0.4, -0.2) is 35.8 Å². The number of likely N-dealkylation sites (tertiary alicyclic amines) is 1. The van der Waals surface area contributed by atoms with Crippen LogP contribution in [0.4, 0.5) is 4.79 Å². The molecule has 0 aromatic heterocycles. The largest absolute Gasteiger partial charge is 0.444 e. The van der Waals surface area contributed by atoms with Crippen LogP contribution in [0.1, 0.15) is 27.2 Å². The van der Waals surface area contributed by atoms with E-state index in [1.807, 2.05) is 20.8 Å². The second-order valence-corrected chi connectivity index (χ2v) is 4.47. The highest BCUT2D eigenvalue weighted by atomic mass is 35.5. The lowest BCUT2D eigenvalue weighted by atomic mass is 10.2. The van der Waals surface area contributed by atoms with Gasteiger partial charge in [-0.1, -0.05) is 0 Å². The van der Waals surface area contributed by atoms with E-state index in [1.54, 1.807) is 4.90 Å². The van der Waals surface area contributed by atoms with E-state index in [1.165, 1.54) is 0 Å². The van der Waals surface area contributed by atoms with Crippen LogP contribution in [0.15, 0.2) is 0 Å². The van der Waals surface area contributed by atoms with Gasteiger partial charge in [0.25, 0.3) is 0 Å². The zero-order valence-corrected chi connectivity index (χ0v) is 10.2. The maximum atomic E-state index is 11.5. The van der Waals surface area contributed by atoms with Crippen molar-refractivity contribution >= 4 is 18.5 Å². The van der Waals surface area contributed by atoms with Crippen LogP contribution >= 0.6 is 12.4 Å². The van der Waals surface area contributed by atoms with Crippen molar-refractivity contribution in [1.82, 2.24) is 4.90 Å². The van der Waals surface area contributed by atoms with Gasteiger partial charge in [-0.3, -0.25) is 4.84 Å². The molecule has 0 spiro atoms. The number of nitrogens with zero attached hydrogens (tertiary/aromatic N) is 1. The Kier molecular flexibility index (Phi) is 5.34. The van der Waals surface area contributed by atoms with Gasteiger partial charge in [0.05, 0.1) is 12.6 Å². The predicted molar refractivity (Wildman–Crippen MR) is 58.7 cm³/mol. The average Bonchev–Trinajstić information content (AvgIpc) is 2.48. The summed E-state index contributed by atoms with van der Waals surface area (Å²) in [6.45, 7) is 6.70. The Labute approximate surface area is 96.2 Å². The fraction of sp³-hybridized carbons (Fsp3) is 0.889. The molecule has 1 amide bonds. The quantitative estimate of drug-likeness (QED) is 0.700. The van der Waals surface area contributed by atoms with E-state index < -0.39 is 5.60 Å². The highest BCUT2D eigenvalue weighted by Gasteiger charge is 2.29. The first-order chi connectivity index (χ1) is 6.42. The summed E-state index contributed by atoms with van der Waals surface area (Å²) in [5.74, 6) is 5.04. The smallest absolute Gasteiger partial charge is 0.410 e. The molecule has 2 N–H and O–H groups in total. The van der Waals surface area contributed by atoms with Gasteiger partial charge in [0, 0.05) is 6.54 Å². The van der Waals surface area contributed by atoms with Crippen LogP contribution in [-0.2, 0) is 9.57 Å². The van der Waals surface area contributed by atoms with Gasteiger partial charge >= 0.3 is 6.09 Å². The molecular weight excluding hydrogens is 220 g/mol. The lowest BCUT2D eigenvalue weighted by Gasteiger charge is -2.24. The number of carbonyl (C=O) groups excluding carboxylic acids is 1. The van der Waals surface area contributed by atoms with Crippen molar-refractivity contribution in [2.24, 2.45) is 5.90 Å². The van der Waals surface area contributed by atoms with E-state index in [0.717, 1.165) is 6.42 Å². The zero-order valence-electron chi connectivity index (χ0n) is 9.36. The van der Waals surface area contributed by atoms with E-state index in [2.05, 4.69) is 4.84 Å². The Balaban J connectivity index is 0.00000196. The lowest BCUT2D eigenvalue weighted by Crippen LogP contribution is -2.36. The maximum Gasteiger partial charge on any atom is 0.410 e. The molecule has 0 aromatic carbocycles. The summed E-state index contributed by atoms with van der Waals surface area (Å²) in [7, 11) is 0. The van der Waals surface area contributed by atoms with Gasteiger partial charge in [-0.15, -0.1) is 12.4 Å². The van der Waals surface area contributed by atoms with E-state index >= 15 is 0 Å². The Morgan fingerprint density at radius 3 is 2.47 bits per heavy atom. The summed E-state index contributed by atoms with van der Waals surface area (Å²) >= 11 is 0. The Morgan fingerprint density at radius 2 is 2.07 bits per heavy atom. The number of hydrogen-bond acceptors (Lipinski definition) is 4. The molecule has 1 fully saturated rings. The summed E-state index contributed by atoms with van der Waals surface area (Å²) in [6, 6.07) is 0. The van der Waals surface area contributed by atoms with E-state index in [0.29, 0.717) is 13.1 Å². The normalized spacial score (nSPS) is 21.1. The third-order valence-electron chi connectivity index (χ3n) is 1.99. The van der Waals surface area contributed by atoms with E-state index in [9.17, 15) is 4.79 Å². The van der Waals surface area contributed by atoms with Crippen LogP contribution in [0.5, 0.6) is 0 Å². The topological polar surface area (TPSA) is 64.8 Å². The molecule has 0 radical (unpaired) electrons. The number of halogens is 1. The van der Waals surface area contributed by atoms with Crippen molar-refractivity contribution in [3.63, 3.8) is 0 Å². The number of nitrogens with two attached hydrogens (primary N) is 1. The van der Waals surface area contributed by atoms with Gasteiger partial charge in [-0.2, -0.15) is 0 Å². The highest BCUT2D eigenvalue weighted by molar-refractivity contribution is 5.85. The standard InChI is InChI=1S/C9H18N2O3.ClH/c1-9(2,3)13-8(12)11-5-4-7(6-11)14-10;/h7H,4-6,10H2,1-3H3;1H. The van der Waals surface area contributed by atoms with Gasteiger partial charge in [0.2, 0.25) is 0 Å². The maximum absolute atomic E-state index is 11.5. The minimum absolute atomic E-state index is 0. The number of amides is 1. The minimum Gasteiger partial charge on any atom is -0.444 e. The first kappa shape index (κ1) is 14.5. The van der Waals surface area contributed by atoms with Gasteiger partial charge in [-0.25, -0.2) is 10.7 Å². The van der Waals surface area contributed by atoms with Crippen molar-refractivity contribution in [3.05, 3.63) is 0 Å². The number of ether oxygens (including phenoxy) is 1. The molecule has 1 aliphatic heterocycles. The third-order valence-corrected chi connectivity index (χ3v) is 1.99. The first-order valence-corrected chi connectivity index (χ1v) is 4.76. The third kappa shape index (κ3) is 4.68. The van der Waals surface area contributed by atoms with Crippen molar-refractivity contribution in [2.75, 3.05) is 13.1 Å². The molecule has 1 heterocycles. The minimum atomic E-state index is -0.446. The van der Waals surface area contributed by atoms with Crippen molar-refractivity contribution < 1.29 is 14.4 Å². The number of hydrogen-bond donors (Lipinski definition) is 1. The van der Waals surface area contributed by atoms with Crippen LogP contribution in [0.25, 0.3) is 0 Å². The summed E-state index contributed by atoms with van der Waals surface area (Å²) in [4.78, 5) is 17.8. The molecule has 1 unspecified atom stereocenters. The number of rotatable bonds is 1. The predicted octanol–water partition coefficient (Wildman–Crippen LogP) is 1.31. The van der Waals surface area contributed by atoms with Crippen LogP contribution < -0.4 is 5.90 Å². The molecule has 1 atom stereocenters. The molecule has 6 heteroatoms. The SMILES string of the molecule is CC(C)(C)OC(=O)N1CCC(ON)C1.Cl. The van der Waals surface area contributed by atoms with Gasteiger partial charge in [0.1, 0.15) is 5.60 Å². The van der Waals surface area contributed by atoms with Crippen LogP contribution in [0.2, 0.25) is 0 Å². The van der Waals surface area contributed by atoms with Gasteiger partial charge in [0.15, 0.2) is 0 Å². The summed E-state index contributed by atoms with van der Waals surface area (Å²) in [5.41, 5.74) is -0.446. The molecule has 5 nitrogen and oxygen atoms in total. The Bertz CT molecular complexity index is 218. The molecule has 1 aliphatic rings. The molecule has 15 heavy (non-hydrogen) atoms. The molecule has 1 rings (SSSR count). The summed E-state index contributed by atoms with van der Waals surface area (Å²) < 4.78 is 5.21. The van der Waals surface area contributed by atoms with Gasteiger partial charge < -0.3 is 9.64 Å². The Morgan fingerprint density at radius 1 is 1.47 bits per heavy atom. The van der Waals surface area contributed by atoms with E-state index in [-0.39, 0.29) is 24.6 Å². The monoisotopic (exact) mass is 238 g/mol. The molecule has 90 valence electrons. The average molecular weight is 239 g/mol. The highest BCUT2D eigenvalue weighted by Crippen LogP contribution is 2.15. The Hall–Kier alpha value is -0.520. The first-order valence-electron chi connectivity index (χ1n) is 4.76. The molecule has 0 bridgehead atoms. The van der Waals surface area contributed by atoms with E-state index in [4.69, 9.17) is 10.6 Å². The number of carbonyl (C=O) groups is 1. The van der Waals surface area contributed by atoms with Crippen molar-refractivity contribution in [1.29, 1.82) is 0 Å². The summed E-state index contributed by atoms with van der Waals surface area (Å²) in [6.07, 6.45) is 0.426. The molecular formula is C9H19ClN2O3. The van der Waals surface area contributed by atoms with Crippen LogP contribution in [0, 0.1) is 0 Å². The lowest BCUT2D eigenvalue weighted by molar-refractivity contribution is 0.0210. The second-order valence-electron chi connectivity index (χ2n) is 4.47.